The molecule has 0 bridgehead atoms. The van der Waals surface area contributed by atoms with Crippen LogP contribution in [0.4, 0.5) is 8.78 Å². The van der Waals surface area contributed by atoms with E-state index in [0.717, 1.165) is 0 Å². The summed E-state index contributed by atoms with van der Waals surface area (Å²) in [6.07, 6.45) is -3.51. The minimum Gasteiger partial charge on any atom is -0.364 e. The van der Waals surface area contributed by atoms with Crippen LogP contribution in [0.5, 0.6) is 0 Å². The quantitative estimate of drug-likeness (QED) is 0.881. The fourth-order valence-corrected chi connectivity index (χ4v) is 2.61. The molecule has 1 aromatic rings. The maximum Gasteiger partial charge on any atom is 0.296 e. The molecular weight excluding hydrogens is 338 g/mol. The molecule has 1 aromatic heterocycles. The average molecular weight is 351 g/mol. The Kier molecular flexibility index (Phi) is 3.67. The number of rotatable bonds is 2. The lowest BCUT2D eigenvalue weighted by Crippen LogP contribution is -2.51. The van der Waals surface area contributed by atoms with E-state index in [2.05, 4.69) is 26.1 Å². The summed E-state index contributed by atoms with van der Waals surface area (Å²) < 4.78 is 27.8. The number of hydrogen-bond donors (Lipinski definition) is 1. The number of aliphatic hydroxyl groups is 1. The molecule has 0 spiro atoms. The van der Waals surface area contributed by atoms with Gasteiger partial charge < -0.3 is 5.11 Å². The Hall–Kier alpha value is -1.35. The van der Waals surface area contributed by atoms with E-state index in [1.54, 1.807) is 6.92 Å². The van der Waals surface area contributed by atoms with Crippen molar-refractivity contribution in [2.24, 2.45) is 12.1 Å². The Bertz CT molecular complexity index is 601. The van der Waals surface area contributed by atoms with Gasteiger partial charge >= 0.3 is 0 Å². The fourth-order valence-electron chi connectivity index (χ4n) is 2.10. The summed E-state index contributed by atoms with van der Waals surface area (Å²) in [5.41, 5.74) is -1.76. The van der Waals surface area contributed by atoms with Gasteiger partial charge in [-0.05, 0) is 29.8 Å². The Morgan fingerprint density at radius 3 is 2.55 bits per heavy atom. The average Bonchev–Trinajstić information content (AvgIpc) is 2.77. The summed E-state index contributed by atoms with van der Waals surface area (Å²) in [6.45, 7) is 3.14. The summed E-state index contributed by atoms with van der Waals surface area (Å²) in [5, 5.41) is 18.2. The van der Waals surface area contributed by atoms with E-state index in [1.165, 1.54) is 18.7 Å². The van der Waals surface area contributed by atoms with Gasteiger partial charge in [-0.1, -0.05) is 0 Å². The molecule has 0 fully saturated rings. The first-order valence-corrected chi connectivity index (χ1v) is 6.56. The van der Waals surface area contributed by atoms with Crippen molar-refractivity contribution in [3.8, 4) is 0 Å². The lowest BCUT2D eigenvalue weighted by molar-refractivity contribution is -0.164. The van der Waals surface area contributed by atoms with E-state index in [0.29, 0.717) is 15.2 Å². The van der Waals surface area contributed by atoms with Crippen LogP contribution in [0.3, 0.4) is 0 Å². The van der Waals surface area contributed by atoms with E-state index >= 15 is 0 Å². The van der Waals surface area contributed by atoms with Crippen LogP contribution in [0.2, 0.25) is 0 Å². The minimum absolute atomic E-state index is 0.0556. The number of aryl methyl sites for hydroxylation is 2. The SMILES string of the molecule is CC1=NN(C(=O)c2c(Br)c(C)nn2C)[C@@](O)(C(F)F)C1. The van der Waals surface area contributed by atoms with Gasteiger partial charge in [0.1, 0.15) is 5.69 Å². The molecule has 1 aliphatic heterocycles. The van der Waals surface area contributed by atoms with Gasteiger partial charge in [0.2, 0.25) is 5.72 Å². The third-order valence-corrected chi connectivity index (χ3v) is 4.00. The van der Waals surface area contributed by atoms with Crippen molar-refractivity contribution in [1.82, 2.24) is 14.8 Å². The predicted octanol–water partition coefficient (Wildman–Crippen LogP) is 1.67. The Labute approximate surface area is 122 Å². The summed E-state index contributed by atoms with van der Waals surface area (Å²) in [7, 11) is 1.51. The molecule has 1 atom stereocenters. The zero-order valence-electron chi connectivity index (χ0n) is 11.1. The molecule has 110 valence electrons. The molecule has 0 aliphatic carbocycles. The van der Waals surface area contributed by atoms with Crippen LogP contribution in [0.1, 0.15) is 29.5 Å². The van der Waals surface area contributed by atoms with Gasteiger partial charge in [0.15, 0.2) is 0 Å². The second kappa shape index (κ2) is 4.88. The zero-order valence-corrected chi connectivity index (χ0v) is 12.6. The topological polar surface area (TPSA) is 70.7 Å². The molecule has 6 nitrogen and oxygen atoms in total. The number of amides is 1. The first-order chi connectivity index (χ1) is 9.18. The number of nitrogens with zero attached hydrogens (tertiary/aromatic N) is 4. The van der Waals surface area contributed by atoms with Crippen molar-refractivity contribution < 1.29 is 18.7 Å². The third-order valence-electron chi connectivity index (χ3n) is 3.05. The zero-order chi connectivity index (χ0) is 15.2. The van der Waals surface area contributed by atoms with Crippen molar-refractivity contribution in [3.05, 3.63) is 15.9 Å². The summed E-state index contributed by atoms with van der Waals surface area (Å²) >= 11 is 3.19. The summed E-state index contributed by atoms with van der Waals surface area (Å²) in [4.78, 5) is 12.4. The molecule has 1 amide bonds. The molecule has 0 saturated heterocycles. The van der Waals surface area contributed by atoms with Crippen LogP contribution >= 0.6 is 15.9 Å². The molecule has 0 saturated carbocycles. The maximum absolute atomic E-state index is 13.1. The normalized spacial score (nSPS) is 22.6. The van der Waals surface area contributed by atoms with Gasteiger partial charge in [-0.2, -0.15) is 15.2 Å². The number of hydrazone groups is 1. The highest BCUT2D eigenvalue weighted by atomic mass is 79.9. The Morgan fingerprint density at radius 2 is 2.10 bits per heavy atom. The van der Waals surface area contributed by atoms with Crippen LogP contribution in [0.25, 0.3) is 0 Å². The summed E-state index contributed by atoms with van der Waals surface area (Å²) in [5.74, 6) is -0.834. The molecular formula is C11H13BrF2N4O2. The fraction of sp³-hybridized carbons (Fsp3) is 0.545. The largest absolute Gasteiger partial charge is 0.364 e. The molecule has 2 rings (SSSR count). The first kappa shape index (κ1) is 15.0. The van der Waals surface area contributed by atoms with Crippen LogP contribution in [-0.4, -0.2) is 43.7 Å². The van der Waals surface area contributed by atoms with Gasteiger partial charge in [-0.3, -0.25) is 9.48 Å². The van der Waals surface area contributed by atoms with Crippen molar-refractivity contribution in [2.75, 3.05) is 0 Å². The number of alkyl halides is 2. The van der Waals surface area contributed by atoms with Gasteiger partial charge in [-0.15, -0.1) is 0 Å². The number of halogens is 3. The molecule has 0 unspecified atom stereocenters. The highest BCUT2D eigenvalue weighted by molar-refractivity contribution is 9.10. The number of aromatic nitrogens is 2. The van der Waals surface area contributed by atoms with Gasteiger partial charge in [0, 0.05) is 19.2 Å². The van der Waals surface area contributed by atoms with E-state index in [-0.39, 0.29) is 17.8 Å². The van der Waals surface area contributed by atoms with Crippen molar-refractivity contribution in [3.63, 3.8) is 0 Å². The molecule has 0 aromatic carbocycles. The second-order valence-corrected chi connectivity index (χ2v) is 5.47. The van der Waals surface area contributed by atoms with E-state index < -0.39 is 18.1 Å². The lowest BCUT2D eigenvalue weighted by atomic mass is 10.1. The molecule has 0 radical (unpaired) electrons. The molecule has 1 aliphatic rings. The summed E-state index contributed by atoms with van der Waals surface area (Å²) in [6, 6.07) is 0. The van der Waals surface area contributed by atoms with Crippen LogP contribution in [0.15, 0.2) is 9.57 Å². The first-order valence-electron chi connectivity index (χ1n) is 5.76. The molecule has 20 heavy (non-hydrogen) atoms. The van der Waals surface area contributed by atoms with E-state index in [4.69, 9.17) is 0 Å². The van der Waals surface area contributed by atoms with Crippen molar-refractivity contribution in [1.29, 1.82) is 0 Å². The molecule has 2 heterocycles. The van der Waals surface area contributed by atoms with Gasteiger partial charge in [0.25, 0.3) is 12.3 Å². The van der Waals surface area contributed by atoms with Crippen LogP contribution in [0, 0.1) is 6.92 Å². The lowest BCUT2D eigenvalue weighted by Gasteiger charge is -2.29. The van der Waals surface area contributed by atoms with Gasteiger partial charge in [0.05, 0.1) is 10.2 Å². The van der Waals surface area contributed by atoms with Crippen LogP contribution in [-0.2, 0) is 7.05 Å². The number of carbonyl (C=O) groups is 1. The van der Waals surface area contributed by atoms with E-state index in [9.17, 15) is 18.7 Å². The molecule has 9 heteroatoms. The Balaban J connectivity index is 2.47. The number of hydrogen-bond acceptors (Lipinski definition) is 4. The monoisotopic (exact) mass is 350 g/mol. The standard InChI is InChI=1S/C11H13BrF2N4O2/c1-5-4-11(20,10(13)14)18(15-5)9(19)8-7(12)6(2)16-17(8)3/h10,20H,4H2,1-3H3/t11-/m0/s1. The van der Waals surface area contributed by atoms with Gasteiger partial charge in [-0.25, -0.2) is 8.78 Å². The molecule has 1 N–H and O–H groups in total. The number of carbonyl (C=O) groups excluding carboxylic acids is 1. The third kappa shape index (κ3) is 2.14. The minimum atomic E-state index is -3.12. The predicted molar refractivity (Wildman–Crippen MR) is 70.5 cm³/mol. The highest BCUT2D eigenvalue weighted by Crippen LogP contribution is 2.34. The van der Waals surface area contributed by atoms with E-state index in [1.807, 2.05) is 0 Å². The Morgan fingerprint density at radius 1 is 1.50 bits per heavy atom. The smallest absolute Gasteiger partial charge is 0.296 e. The highest BCUT2D eigenvalue weighted by Gasteiger charge is 2.51. The van der Waals surface area contributed by atoms with Crippen molar-refractivity contribution in [2.45, 2.75) is 32.4 Å². The second-order valence-electron chi connectivity index (χ2n) is 4.68. The maximum atomic E-state index is 13.1. The van der Waals surface area contributed by atoms with Crippen molar-refractivity contribution >= 4 is 27.5 Å². The van der Waals surface area contributed by atoms with Crippen LogP contribution < -0.4 is 0 Å².